The van der Waals surface area contributed by atoms with Gasteiger partial charge in [0, 0.05) is 10.7 Å². The molecule has 2 nitrogen and oxygen atoms in total. The van der Waals surface area contributed by atoms with Gasteiger partial charge in [-0.2, -0.15) is 0 Å². The summed E-state index contributed by atoms with van der Waals surface area (Å²) < 4.78 is 8.66. The molecule has 0 heterocycles. The first-order valence-corrected chi connectivity index (χ1v) is 15.1. The first-order chi connectivity index (χ1) is 14.6. The lowest BCUT2D eigenvalue weighted by Gasteiger charge is -2.08. The Balaban J connectivity index is 1.90. The number of benzene rings is 1. The highest BCUT2D eigenvalue weighted by Gasteiger charge is 2.14. The van der Waals surface area contributed by atoms with Crippen LogP contribution in [0.5, 0.6) is 0 Å². The summed E-state index contributed by atoms with van der Waals surface area (Å²) in [6.45, 7) is 2.82. The van der Waals surface area contributed by atoms with Crippen LogP contribution in [-0.4, -0.2) is 12.6 Å². The SMILES string of the molecule is CCCCCCCCCCCCCCCCCCOC(=O)c1cc(I)cc(I)c1I. The minimum absolute atomic E-state index is 0.184. The van der Waals surface area contributed by atoms with Crippen molar-refractivity contribution in [2.45, 2.75) is 110 Å². The molecule has 0 aromatic heterocycles. The maximum Gasteiger partial charge on any atom is 0.339 e. The highest BCUT2D eigenvalue weighted by Crippen LogP contribution is 2.23. The van der Waals surface area contributed by atoms with E-state index in [2.05, 4.69) is 80.8 Å². The van der Waals surface area contributed by atoms with Crippen LogP contribution in [0.4, 0.5) is 0 Å². The summed E-state index contributed by atoms with van der Waals surface area (Å²) in [6.07, 6.45) is 21.7. The molecule has 0 amide bonds. The number of rotatable bonds is 18. The van der Waals surface area contributed by atoms with Crippen molar-refractivity contribution < 1.29 is 9.53 Å². The molecule has 0 radical (unpaired) electrons. The van der Waals surface area contributed by atoms with Gasteiger partial charge in [-0.25, -0.2) is 4.79 Å². The smallest absolute Gasteiger partial charge is 0.339 e. The second-order valence-electron chi connectivity index (χ2n) is 8.19. The van der Waals surface area contributed by atoms with Gasteiger partial charge >= 0.3 is 5.97 Å². The van der Waals surface area contributed by atoms with Gasteiger partial charge in [0.15, 0.2) is 0 Å². The molecular weight excluding hydrogens is 713 g/mol. The number of carbonyl (C=O) groups is 1. The molecule has 0 N–H and O–H groups in total. The van der Waals surface area contributed by atoms with Crippen molar-refractivity contribution in [2.75, 3.05) is 6.61 Å². The lowest BCUT2D eigenvalue weighted by molar-refractivity contribution is 0.0496. The predicted molar refractivity (Wildman–Crippen MR) is 154 cm³/mol. The maximum absolute atomic E-state index is 12.3. The quantitative estimate of drug-likeness (QED) is 0.0647. The second-order valence-corrected chi connectivity index (χ2v) is 11.7. The first-order valence-electron chi connectivity index (χ1n) is 11.9. The minimum Gasteiger partial charge on any atom is -0.462 e. The molecule has 5 heteroatoms. The van der Waals surface area contributed by atoms with Crippen molar-refractivity contribution in [3.8, 4) is 0 Å². The molecule has 0 saturated carbocycles. The van der Waals surface area contributed by atoms with Crippen LogP contribution < -0.4 is 0 Å². The molecule has 0 saturated heterocycles. The molecule has 0 aliphatic rings. The fourth-order valence-corrected chi connectivity index (χ4v) is 5.97. The topological polar surface area (TPSA) is 26.3 Å². The molecule has 0 fully saturated rings. The molecule has 0 unspecified atom stereocenters. The van der Waals surface area contributed by atoms with Crippen molar-refractivity contribution in [3.05, 3.63) is 28.4 Å². The molecule has 1 rings (SSSR count). The molecule has 0 spiro atoms. The molecule has 0 bridgehead atoms. The molecule has 1 aromatic rings. The van der Waals surface area contributed by atoms with Crippen molar-refractivity contribution in [1.82, 2.24) is 0 Å². The Morgan fingerprint density at radius 3 is 1.60 bits per heavy atom. The molecule has 0 aliphatic carbocycles. The Morgan fingerprint density at radius 1 is 0.700 bits per heavy atom. The third-order valence-corrected chi connectivity index (χ3v) is 9.11. The number of hydrogen-bond acceptors (Lipinski definition) is 2. The van der Waals surface area contributed by atoms with E-state index < -0.39 is 0 Å². The summed E-state index contributed by atoms with van der Waals surface area (Å²) in [7, 11) is 0. The normalized spacial score (nSPS) is 11.1. The summed E-state index contributed by atoms with van der Waals surface area (Å²) in [5.74, 6) is -0.184. The third kappa shape index (κ3) is 14.1. The predicted octanol–water partition coefficient (Wildman–Crippen LogP) is 9.92. The summed E-state index contributed by atoms with van der Waals surface area (Å²) in [5, 5.41) is 0. The number of hydrogen-bond donors (Lipinski definition) is 0. The van der Waals surface area contributed by atoms with Crippen molar-refractivity contribution in [2.24, 2.45) is 0 Å². The van der Waals surface area contributed by atoms with Gasteiger partial charge in [-0.1, -0.05) is 103 Å². The summed E-state index contributed by atoms with van der Waals surface area (Å²) >= 11 is 6.75. The van der Waals surface area contributed by atoms with E-state index in [1.165, 1.54) is 89.9 Å². The van der Waals surface area contributed by atoms with E-state index in [0.29, 0.717) is 12.2 Å². The molecule has 0 atom stereocenters. The van der Waals surface area contributed by atoms with Gasteiger partial charge in [-0.15, -0.1) is 0 Å². The average Bonchev–Trinajstić information content (AvgIpc) is 2.72. The van der Waals surface area contributed by atoms with Crippen LogP contribution in [0.3, 0.4) is 0 Å². The summed E-state index contributed by atoms with van der Waals surface area (Å²) in [4.78, 5) is 12.3. The van der Waals surface area contributed by atoms with Crippen molar-refractivity contribution in [3.63, 3.8) is 0 Å². The van der Waals surface area contributed by atoms with Crippen LogP contribution in [0.15, 0.2) is 12.1 Å². The number of carbonyl (C=O) groups excluding carboxylic acids is 1. The van der Waals surface area contributed by atoms with Crippen LogP contribution in [0, 0.1) is 10.7 Å². The largest absolute Gasteiger partial charge is 0.462 e. The van der Waals surface area contributed by atoms with E-state index in [9.17, 15) is 4.79 Å². The van der Waals surface area contributed by atoms with E-state index in [-0.39, 0.29) is 5.97 Å². The fraction of sp³-hybridized carbons (Fsp3) is 0.720. The average molecular weight is 752 g/mol. The molecule has 30 heavy (non-hydrogen) atoms. The lowest BCUT2D eigenvalue weighted by atomic mass is 10.0. The van der Waals surface area contributed by atoms with Gasteiger partial charge in [0.25, 0.3) is 0 Å². The van der Waals surface area contributed by atoms with Crippen molar-refractivity contribution in [1.29, 1.82) is 0 Å². The van der Waals surface area contributed by atoms with Crippen LogP contribution in [-0.2, 0) is 4.74 Å². The molecule has 0 aliphatic heterocycles. The van der Waals surface area contributed by atoms with E-state index in [0.717, 1.165) is 23.6 Å². The summed E-state index contributed by atoms with van der Waals surface area (Å²) in [6, 6.07) is 4.00. The van der Waals surface area contributed by atoms with Gasteiger partial charge < -0.3 is 4.74 Å². The lowest BCUT2D eigenvalue weighted by Crippen LogP contribution is -2.09. The van der Waals surface area contributed by atoms with E-state index >= 15 is 0 Å². The fourth-order valence-electron chi connectivity index (χ4n) is 3.60. The first kappa shape index (κ1) is 28.9. The molecular formula is C25H39I3O2. The van der Waals surface area contributed by atoms with Gasteiger partial charge in [0.2, 0.25) is 0 Å². The highest BCUT2D eigenvalue weighted by molar-refractivity contribution is 14.1. The van der Waals surface area contributed by atoms with Gasteiger partial charge in [0.1, 0.15) is 0 Å². The minimum atomic E-state index is -0.184. The Kier molecular flexibility index (Phi) is 18.7. The maximum atomic E-state index is 12.3. The summed E-state index contributed by atoms with van der Waals surface area (Å²) in [5.41, 5.74) is 0.698. The Hall–Kier alpha value is 0.880. The number of halogens is 3. The van der Waals surface area contributed by atoms with E-state index in [1.807, 2.05) is 6.07 Å². The highest BCUT2D eigenvalue weighted by atomic mass is 127. The molecule has 172 valence electrons. The van der Waals surface area contributed by atoms with Crippen LogP contribution in [0.25, 0.3) is 0 Å². The van der Waals surface area contributed by atoms with Gasteiger partial charge in [-0.3, -0.25) is 0 Å². The Morgan fingerprint density at radius 2 is 1.13 bits per heavy atom. The zero-order valence-electron chi connectivity index (χ0n) is 18.6. The zero-order chi connectivity index (χ0) is 22.0. The Labute approximate surface area is 225 Å². The van der Waals surface area contributed by atoms with Crippen molar-refractivity contribution >= 4 is 73.7 Å². The van der Waals surface area contributed by atoms with Gasteiger partial charge in [-0.05, 0) is 86.3 Å². The van der Waals surface area contributed by atoms with E-state index in [4.69, 9.17) is 4.74 Å². The van der Waals surface area contributed by atoms with E-state index in [1.54, 1.807) is 0 Å². The van der Waals surface area contributed by atoms with Gasteiger partial charge in [0.05, 0.1) is 12.2 Å². The number of ether oxygens (including phenoxy) is 1. The number of unbranched alkanes of at least 4 members (excludes halogenated alkanes) is 15. The monoisotopic (exact) mass is 752 g/mol. The third-order valence-electron chi connectivity index (χ3n) is 5.44. The molecule has 1 aromatic carbocycles. The van der Waals surface area contributed by atoms with Crippen LogP contribution in [0.2, 0.25) is 0 Å². The Bertz CT molecular complexity index is 590. The van der Waals surface area contributed by atoms with Crippen LogP contribution in [0.1, 0.15) is 120 Å². The standard InChI is InChI=1S/C25H39I3O2/c1-2-3-4-5-6-7-8-9-10-11-12-13-14-15-16-17-18-30-25(29)22-19-21(26)20-23(27)24(22)28/h19-20H,2-18H2,1H3. The number of esters is 1. The second kappa shape index (κ2) is 19.4. The van der Waals surface area contributed by atoms with Crippen LogP contribution >= 0.6 is 67.8 Å². The zero-order valence-corrected chi connectivity index (χ0v) is 25.1.